The Balaban J connectivity index is 1.40. The minimum Gasteiger partial charge on any atom is -0.480 e. The van der Waals surface area contributed by atoms with Gasteiger partial charge < -0.3 is 20.5 Å². The molecule has 2 aromatic rings. The number of amides is 2. The van der Waals surface area contributed by atoms with Crippen LogP contribution >= 0.6 is 0 Å². The molecule has 35 heavy (non-hydrogen) atoms. The Labute approximate surface area is 206 Å². The molecule has 186 valence electrons. The molecule has 0 aliphatic heterocycles. The number of fused-ring (bicyclic) bond motifs is 3. The van der Waals surface area contributed by atoms with Crippen LogP contribution in [0.5, 0.6) is 0 Å². The molecule has 0 spiro atoms. The summed E-state index contributed by atoms with van der Waals surface area (Å²) >= 11 is 0. The highest BCUT2D eigenvalue weighted by atomic mass is 16.5. The van der Waals surface area contributed by atoms with E-state index in [1.54, 1.807) is 20.8 Å². The molecule has 2 aromatic carbocycles. The normalized spacial score (nSPS) is 20.3. The van der Waals surface area contributed by atoms with Crippen LogP contribution in [0.2, 0.25) is 0 Å². The van der Waals surface area contributed by atoms with E-state index in [4.69, 9.17) is 4.74 Å². The lowest BCUT2D eigenvalue weighted by Gasteiger charge is -2.34. The van der Waals surface area contributed by atoms with Gasteiger partial charge in [0.15, 0.2) is 0 Å². The molecule has 0 saturated heterocycles. The number of ether oxygens (including phenoxy) is 1. The minimum atomic E-state index is -1.07. The van der Waals surface area contributed by atoms with Crippen LogP contribution in [0.3, 0.4) is 0 Å². The van der Waals surface area contributed by atoms with E-state index in [-0.39, 0.29) is 18.4 Å². The molecule has 7 nitrogen and oxygen atoms in total. The van der Waals surface area contributed by atoms with E-state index in [1.165, 1.54) is 0 Å². The molecule has 2 amide bonds. The van der Waals surface area contributed by atoms with E-state index in [9.17, 15) is 19.5 Å². The second-order valence-electron chi connectivity index (χ2n) is 10.6. The summed E-state index contributed by atoms with van der Waals surface area (Å²) in [6, 6.07) is 14.9. The van der Waals surface area contributed by atoms with Gasteiger partial charge in [0.05, 0.1) is 5.92 Å². The Hall–Kier alpha value is -3.35. The average Bonchev–Trinajstić information content (AvgIpc) is 3.14. The number of aliphatic carboxylic acids is 1. The first-order valence-corrected chi connectivity index (χ1v) is 12.3. The number of carbonyl (C=O) groups excluding carboxylic acids is 2. The summed E-state index contributed by atoms with van der Waals surface area (Å²) in [6.07, 6.45) is 2.43. The summed E-state index contributed by atoms with van der Waals surface area (Å²) in [4.78, 5) is 37.5. The first-order chi connectivity index (χ1) is 16.7. The number of carboxylic acid groups (broad SMARTS) is 1. The van der Waals surface area contributed by atoms with Crippen molar-refractivity contribution in [2.45, 2.75) is 64.5 Å². The predicted octanol–water partition coefficient (Wildman–Crippen LogP) is 4.70. The van der Waals surface area contributed by atoms with E-state index < -0.39 is 35.5 Å². The van der Waals surface area contributed by atoms with E-state index in [0.717, 1.165) is 35.1 Å². The Kier molecular flexibility index (Phi) is 7.15. The fourth-order valence-electron chi connectivity index (χ4n) is 5.31. The van der Waals surface area contributed by atoms with Gasteiger partial charge in [-0.2, -0.15) is 0 Å². The number of carboxylic acids is 1. The third-order valence-electron chi connectivity index (χ3n) is 7.15. The number of nitrogens with one attached hydrogen (secondary N) is 2. The van der Waals surface area contributed by atoms with Gasteiger partial charge in [-0.15, -0.1) is 0 Å². The molecule has 0 aromatic heterocycles. The van der Waals surface area contributed by atoms with Gasteiger partial charge in [-0.1, -0.05) is 82.1 Å². The molecule has 3 unspecified atom stereocenters. The summed E-state index contributed by atoms with van der Waals surface area (Å²) in [5, 5.41) is 15.2. The van der Waals surface area contributed by atoms with Gasteiger partial charge in [-0.25, -0.2) is 9.59 Å². The molecule has 2 aliphatic carbocycles. The molecule has 1 fully saturated rings. The maximum atomic E-state index is 13.0. The molecule has 7 heteroatoms. The van der Waals surface area contributed by atoms with Crippen LogP contribution < -0.4 is 10.6 Å². The Bertz CT molecular complexity index is 1060. The van der Waals surface area contributed by atoms with Crippen molar-refractivity contribution in [3.63, 3.8) is 0 Å². The molecule has 1 saturated carbocycles. The maximum absolute atomic E-state index is 13.0. The van der Waals surface area contributed by atoms with Crippen molar-refractivity contribution in [2.75, 3.05) is 6.61 Å². The maximum Gasteiger partial charge on any atom is 0.407 e. The van der Waals surface area contributed by atoms with Gasteiger partial charge in [-0.3, -0.25) is 4.79 Å². The van der Waals surface area contributed by atoms with E-state index in [0.29, 0.717) is 12.8 Å². The number of carbonyl (C=O) groups is 3. The Morgan fingerprint density at radius 3 is 2.11 bits per heavy atom. The predicted molar refractivity (Wildman–Crippen MR) is 133 cm³/mol. The van der Waals surface area contributed by atoms with Crippen molar-refractivity contribution in [3.8, 4) is 11.1 Å². The van der Waals surface area contributed by atoms with Crippen molar-refractivity contribution in [1.29, 1.82) is 0 Å². The quantitative estimate of drug-likeness (QED) is 0.558. The average molecular weight is 479 g/mol. The van der Waals surface area contributed by atoms with Crippen LogP contribution in [0.4, 0.5) is 4.79 Å². The molecular formula is C28H34N2O5. The summed E-state index contributed by atoms with van der Waals surface area (Å²) in [5.41, 5.74) is 3.96. The third-order valence-corrected chi connectivity index (χ3v) is 7.15. The monoisotopic (exact) mass is 478 g/mol. The van der Waals surface area contributed by atoms with Crippen LogP contribution in [-0.4, -0.2) is 41.8 Å². The largest absolute Gasteiger partial charge is 0.480 e. The van der Waals surface area contributed by atoms with Gasteiger partial charge in [0, 0.05) is 12.0 Å². The van der Waals surface area contributed by atoms with Crippen molar-refractivity contribution in [2.24, 2.45) is 11.3 Å². The molecule has 3 atom stereocenters. The van der Waals surface area contributed by atoms with E-state index in [2.05, 4.69) is 34.9 Å². The summed E-state index contributed by atoms with van der Waals surface area (Å²) in [5.74, 6) is -1.94. The first kappa shape index (κ1) is 24.8. The van der Waals surface area contributed by atoms with Gasteiger partial charge in [-0.05, 0) is 40.5 Å². The number of hydrogen-bond acceptors (Lipinski definition) is 4. The summed E-state index contributed by atoms with van der Waals surface area (Å²) in [7, 11) is 0. The van der Waals surface area contributed by atoms with Gasteiger partial charge in [0.1, 0.15) is 12.6 Å². The fourth-order valence-corrected chi connectivity index (χ4v) is 5.31. The van der Waals surface area contributed by atoms with Gasteiger partial charge in [0.2, 0.25) is 5.91 Å². The number of rotatable bonds is 6. The molecule has 3 N–H and O–H groups in total. The highest BCUT2D eigenvalue weighted by Crippen LogP contribution is 2.44. The van der Waals surface area contributed by atoms with Crippen LogP contribution in [0.15, 0.2) is 48.5 Å². The zero-order chi connectivity index (χ0) is 25.2. The zero-order valence-electron chi connectivity index (χ0n) is 20.5. The van der Waals surface area contributed by atoms with Crippen molar-refractivity contribution >= 4 is 18.0 Å². The molecule has 0 bridgehead atoms. The van der Waals surface area contributed by atoms with Crippen molar-refractivity contribution in [3.05, 3.63) is 59.7 Å². The Morgan fingerprint density at radius 1 is 0.971 bits per heavy atom. The van der Waals surface area contributed by atoms with E-state index in [1.807, 2.05) is 24.3 Å². The molecular weight excluding hydrogens is 444 g/mol. The second-order valence-corrected chi connectivity index (χ2v) is 10.6. The first-order valence-electron chi connectivity index (χ1n) is 12.3. The highest BCUT2D eigenvalue weighted by Gasteiger charge is 2.38. The molecule has 0 heterocycles. The van der Waals surface area contributed by atoms with Gasteiger partial charge in [0.25, 0.3) is 0 Å². The highest BCUT2D eigenvalue weighted by molar-refractivity contribution is 5.86. The Morgan fingerprint density at radius 2 is 1.54 bits per heavy atom. The third kappa shape index (κ3) is 5.34. The molecule has 2 aliphatic rings. The lowest BCUT2D eigenvalue weighted by Crippen LogP contribution is -2.55. The van der Waals surface area contributed by atoms with Crippen molar-refractivity contribution < 1.29 is 24.2 Å². The molecule has 4 rings (SSSR count). The van der Waals surface area contributed by atoms with Crippen LogP contribution in [0.1, 0.15) is 63.5 Å². The zero-order valence-corrected chi connectivity index (χ0v) is 20.5. The minimum absolute atomic E-state index is 0.0401. The topological polar surface area (TPSA) is 105 Å². The van der Waals surface area contributed by atoms with Gasteiger partial charge >= 0.3 is 12.1 Å². The van der Waals surface area contributed by atoms with Crippen molar-refractivity contribution in [1.82, 2.24) is 10.6 Å². The lowest BCUT2D eigenvalue weighted by molar-refractivity contribution is -0.146. The van der Waals surface area contributed by atoms with Crippen LogP contribution in [0, 0.1) is 11.3 Å². The standard InChI is InChI=1S/C28H34N2O5/c1-28(2,3)24(26(32)33)30-25(31)21-14-8-9-15-23(21)29-27(34)35-16-22-19-12-6-4-10-17(19)18-11-5-7-13-20(18)22/h4-7,10-13,21-24H,8-9,14-16H2,1-3H3,(H,29,34)(H,30,31)(H,32,33). The lowest BCUT2D eigenvalue weighted by atomic mass is 9.82. The summed E-state index contributed by atoms with van der Waals surface area (Å²) < 4.78 is 5.67. The fraction of sp³-hybridized carbons (Fsp3) is 0.464. The number of benzene rings is 2. The van der Waals surface area contributed by atoms with Crippen LogP contribution in [0.25, 0.3) is 11.1 Å². The molecule has 0 radical (unpaired) electrons. The second kappa shape index (κ2) is 10.1. The SMILES string of the molecule is CC(C)(C)C(NC(=O)C1CCCCC1NC(=O)OCC1c2ccccc2-c2ccccc21)C(=O)O. The summed E-state index contributed by atoms with van der Waals surface area (Å²) in [6.45, 7) is 5.53. The number of alkyl carbamates (subject to hydrolysis) is 1. The smallest absolute Gasteiger partial charge is 0.407 e. The van der Waals surface area contributed by atoms with E-state index >= 15 is 0 Å². The number of hydrogen-bond donors (Lipinski definition) is 3. The van der Waals surface area contributed by atoms with Crippen LogP contribution in [-0.2, 0) is 14.3 Å².